The van der Waals surface area contributed by atoms with Gasteiger partial charge in [0.05, 0.1) is 5.69 Å². The molecule has 20 heavy (non-hydrogen) atoms. The van der Waals surface area contributed by atoms with Crippen molar-refractivity contribution in [1.82, 2.24) is 0 Å². The van der Waals surface area contributed by atoms with Crippen LogP contribution in [0.2, 0.25) is 0 Å². The molecule has 0 aliphatic heterocycles. The summed E-state index contributed by atoms with van der Waals surface area (Å²) in [5.74, 6) is 0. The van der Waals surface area contributed by atoms with Crippen molar-refractivity contribution >= 4 is 39.6 Å². The number of halogens is 1. The van der Waals surface area contributed by atoms with E-state index in [1.165, 1.54) is 51.8 Å². The Morgan fingerprint density at radius 1 is 1.10 bits per heavy atom. The van der Waals surface area contributed by atoms with Gasteiger partial charge in [-0.15, -0.1) is 11.3 Å². The number of benzene rings is 1. The lowest BCUT2D eigenvalue weighted by molar-refractivity contribution is 0.427. The Morgan fingerprint density at radius 3 is 2.60 bits per heavy atom. The highest BCUT2D eigenvalue weighted by molar-refractivity contribution is 14.1. The predicted molar refractivity (Wildman–Crippen MR) is 97.7 cm³/mol. The van der Waals surface area contributed by atoms with Gasteiger partial charge in [-0.1, -0.05) is 37.5 Å². The van der Waals surface area contributed by atoms with E-state index in [1.807, 2.05) is 11.3 Å². The molecule has 3 rings (SSSR count). The van der Waals surface area contributed by atoms with E-state index in [4.69, 9.17) is 0 Å². The first-order chi connectivity index (χ1) is 9.77. The van der Waals surface area contributed by atoms with Gasteiger partial charge < -0.3 is 4.90 Å². The molecule has 0 atom stereocenters. The number of hydrogen-bond acceptors (Lipinski definition) is 2. The van der Waals surface area contributed by atoms with E-state index in [0.29, 0.717) is 0 Å². The van der Waals surface area contributed by atoms with Crippen LogP contribution in [-0.2, 0) is 0 Å². The average molecular weight is 397 g/mol. The summed E-state index contributed by atoms with van der Waals surface area (Å²) < 4.78 is 1.39. The van der Waals surface area contributed by atoms with Gasteiger partial charge in [-0.3, -0.25) is 0 Å². The highest BCUT2D eigenvalue weighted by atomic mass is 127. The molecule has 106 valence electrons. The van der Waals surface area contributed by atoms with Gasteiger partial charge in [0.25, 0.3) is 0 Å². The summed E-state index contributed by atoms with van der Waals surface area (Å²) in [7, 11) is 2.27. The van der Waals surface area contributed by atoms with Crippen LogP contribution in [0.15, 0.2) is 35.7 Å². The highest BCUT2D eigenvalue weighted by Gasteiger charge is 2.20. The lowest BCUT2D eigenvalue weighted by atomic mass is 9.94. The minimum atomic E-state index is 0.718. The Morgan fingerprint density at radius 2 is 1.90 bits per heavy atom. The van der Waals surface area contributed by atoms with Crippen LogP contribution in [0.25, 0.3) is 10.4 Å². The number of thiophene rings is 1. The fraction of sp³-hybridized carbons (Fsp3) is 0.412. The molecule has 0 spiro atoms. The normalized spacial score (nSPS) is 16.3. The van der Waals surface area contributed by atoms with Crippen molar-refractivity contribution in [2.75, 3.05) is 11.9 Å². The fourth-order valence-corrected chi connectivity index (χ4v) is 5.05. The smallest absolute Gasteiger partial charge is 0.0508 e. The van der Waals surface area contributed by atoms with E-state index in [1.54, 1.807) is 0 Å². The van der Waals surface area contributed by atoms with Gasteiger partial charge in [-0.25, -0.2) is 0 Å². The summed E-state index contributed by atoms with van der Waals surface area (Å²) in [5, 5.41) is 2.16. The molecule has 2 aromatic rings. The van der Waals surface area contributed by atoms with Gasteiger partial charge in [0.2, 0.25) is 0 Å². The fourth-order valence-electron chi connectivity index (χ4n) is 3.08. The molecule has 0 unspecified atom stereocenters. The molecule has 3 heteroatoms. The van der Waals surface area contributed by atoms with Crippen molar-refractivity contribution < 1.29 is 0 Å². The van der Waals surface area contributed by atoms with Crippen molar-refractivity contribution in [3.8, 4) is 10.4 Å². The molecule has 1 aromatic carbocycles. The SMILES string of the molecule is CN(c1cccc(-c2cccs2)c1I)C1CCCCC1. The van der Waals surface area contributed by atoms with Crippen LogP contribution >= 0.6 is 33.9 Å². The van der Waals surface area contributed by atoms with Crippen LogP contribution < -0.4 is 4.90 Å². The lowest BCUT2D eigenvalue weighted by Gasteiger charge is -2.34. The molecule has 1 heterocycles. The quantitative estimate of drug-likeness (QED) is 0.593. The predicted octanol–water partition coefficient (Wildman–Crippen LogP) is 5.79. The zero-order valence-electron chi connectivity index (χ0n) is 11.8. The number of nitrogens with zero attached hydrogens (tertiary/aromatic N) is 1. The molecule has 0 amide bonds. The lowest BCUT2D eigenvalue weighted by Crippen LogP contribution is -2.33. The van der Waals surface area contributed by atoms with Gasteiger partial charge in [-0.2, -0.15) is 0 Å². The van der Waals surface area contributed by atoms with Crippen molar-refractivity contribution in [1.29, 1.82) is 0 Å². The van der Waals surface area contributed by atoms with E-state index in [9.17, 15) is 0 Å². The maximum Gasteiger partial charge on any atom is 0.0508 e. The second-order valence-corrected chi connectivity index (χ2v) is 7.55. The third kappa shape index (κ3) is 2.89. The summed E-state index contributed by atoms with van der Waals surface area (Å²) >= 11 is 4.34. The first kappa shape index (κ1) is 14.4. The van der Waals surface area contributed by atoms with Crippen molar-refractivity contribution in [2.45, 2.75) is 38.1 Å². The summed E-state index contributed by atoms with van der Waals surface area (Å²) in [6.45, 7) is 0. The topological polar surface area (TPSA) is 3.24 Å². The second kappa shape index (κ2) is 6.48. The van der Waals surface area contributed by atoms with Crippen LogP contribution in [0.3, 0.4) is 0 Å². The Balaban J connectivity index is 1.91. The number of rotatable bonds is 3. The van der Waals surface area contributed by atoms with Gasteiger partial charge in [0.15, 0.2) is 0 Å². The van der Waals surface area contributed by atoms with E-state index >= 15 is 0 Å². The molecule has 0 saturated heterocycles. The molecule has 1 aromatic heterocycles. The van der Waals surface area contributed by atoms with E-state index in [0.717, 1.165) is 6.04 Å². The first-order valence-corrected chi connectivity index (χ1v) is 9.28. The molecule has 1 saturated carbocycles. The molecule has 1 nitrogen and oxygen atoms in total. The van der Waals surface area contributed by atoms with E-state index < -0.39 is 0 Å². The van der Waals surface area contributed by atoms with Crippen LogP contribution in [0.4, 0.5) is 5.69 Å². The molecular weight excluding hydrogens is 377 g/mol. The van der Waals surface area contributed by atoms with Crippen molar-refractivity contribution in [3.05, 3.63) is 39.3 Å². The monoisotopic (exact) mass is 397 g/mol. The summed E-state index contributed by atoms with van der Waals surface area (Å²) in [6.07, 6.45) is 6.87. The molecule has 0 N–H and O–H groups in total. The van der Waals surface area contributed by atoms with Gasteiger partial charge in [0, 0.05) is 27.1 Å². The van der Waals surface area contributed by atoms with E-state index in [2.05, 4.69) is 70.3 Å². The Labute approximate surface area is 139 Å². The highest BCUT2D eigenvalue weighted by Crippen LogP contribution is 2.36. The Hall–Kier alpha value is -0.550. The third-order valence-corrected chi connectivity index (χ3v) is 6.30. The minimum absolute atomic E-state index is 0.718. The second-order valence-electron chi connectivity index (χ2n) is 5.52. The first-order valence-electron chi connectivity index (χ1n) is 7.32. The minimum Gasteiger partial charge on any atom is -0.371 e. The summed E-state index contributed by atoms with van der Waals surface area (Å²) in [4.78, 5) is 3.88. The zero-order valence-corrected chi connectivity index (χ0v) is 14.8. The summed E-state index contributed by atoms with van der Waals surface area (Å²) in [5.41, 5.74) is 2.77. The molecule has 1 aliphatic rings. The van der Waals surface area contributed by atoms with Crippen LogP contribution in [0.5, 0.6) is 0 Å². The summed E-state index contributed by atoms with van der Waals surface area (Å²) in [6, 6.07) is 11.8. The van der Waals surface area contributed by atoms with Crippen LogP contribution in [0, 0.1) is 3.57 Å². The third-order valence-electron chi connectivity index (χ3n) is 4.27. The molecule has 1 fully saturated rings. The maximum atomic E-state index is 2.52. The van der Waals surface area contributed by atoms with Gasteiger partial charge >= 0.3 is 0 Å². The number of anilines is 1. The number of hydrogen-bond donors (Lipinski definition) is 0. The van der Waals surface area contributed by atoms with Crippen LogP contribution in [-0.4, -0.2) is 13.1 Å². The standard InChI is InChI=1S/C17H20INS/c1-19(13-7-3-2-4-8-13)15-10-5-9-14(17(15)18)16-11-6-12-20-16/h5-6,9-13H,2-4,7-8H2,1H3. The maximum absolute atomic E-state index is 2.52. The van der Waals surface area contributed by atoms with Gasteiger partial charge in [-0.05, 0) is 52.9 Å². The molecule has 0 bridgehead atoms. The molecule has 0 radical (unpaired) electrons. The molecular formula is C17H20INS. The van der Waals surface area contributed by atoms with Gasteiger partial charge in [0.1, 0.15) is 0 Å². The Kier molecular flexibility index (Phi) is 4.66. The average Bonchev–Trinajstić information content (AvgIpc) is 3.02. The Bertz CT molecular complexity index is 558. The van der Waals surface area contributed by atoms with Crippen molar-refractivity contribution in [2.24, 2.45) is 0 Å². The largest absolute Gasteiger partial charge is 0.371 e. The van der Waals surface area contributed by atoms with Crippen molar-refractivity contribution in [3.63, 3.8) is 0 Å². The van der Waals surface area contributed by atoms with Crippen LogP contribution in [0.1, 0.15) is 32.1 Å². The zero-order chi connectivity index (χ0) is 13.9. The van der Waals surface area contributed by atoms with E-state index in [-0.39, 0.29) is 0 Å². The molecule has 1 aliphatic carbocycles.